The smallest absolute Gasteiger partial charge is 0.434 e. The lowest BCUT2D eigenvalue weighted by molar-refractivity contribution is -0.138. The number of alkyl carbamates (subject to hydrolysis) is 1. The number of halogens is 3. The summed E-state index contributed by atoms with van der Waals surface area (Å²) in [7, 11) is 0. The van der Waals surface area contributed by atoms with Crippen LogP contribution in [-0.2, 0) is 20.5 Å². The highest BCUT2D eigenvalue weighted by Gasteiger charge is 2.33. The summed E-state index contributed by atoms with van der Waals surface area (Å²) in [6.07, 6.45) is -4.68. The zero-order valence-corrected chi connectivity index (χ0v) is 26.6. The number of alkyl halides is 3. The number of hydroxylamine groups is 1. The summed E-state index contributed by atoms with van der Waals surface area (Å²) >= 11 is 0. The minimum absolute atomic E-state index is 0.0186. The molecule has 0 spiro atoms. The van der Waals surface area contributed by atoms with E-state index in [0.29, 0.717) is 26.1 Å². The molecule has 1 atom stereocenters. The van der Waals surface area contributed by atoms with Gasteiger partial charge >= 0.3 is 18.4 Å². The predicted molar refractivity (Wildman–Crippen MR) is 164 cm³/mol. The van der Waals surface area contributed by atoms with Crippen LogP contribution in [0.25, 0.3) is 0 Å². The van der Waals surface area contributed by atoms with Crippen molar-refractivity contribution in [3.8, 4) is 0 Å². The van der Waals surface area contributed by atoms with Crippen molar-refractivity contribution >= 4 is 29.7 Å². The van der Waals surface area contributed by atoms with E-state index < -0.39 is 53.0 Å². The quantitative estimate of drug-likeness (QED) is 0.110. The van der Waals surface area contributed by atoms with E-state index in [4.69, 9.17) is 19.4 Å². The normalized spacial score (nSPS) is 15.0. The highest BCUT2D eigenvalue weighted by molar-refractivity contribution is 5.99. The number of hydrogen-bond acceptors (Lipinski definition) is 8. The lowest BCUT2D eigenvalue weighted by atomic mass is 9.97. The van der Waals surface area contributed by atoms with Crippen molar-refractivity contribution in [1.29, 1.82) is 0 Å². The van der Waals surface area contributed by atoms with Gasteiger partial charge in [0.25, 0.3) is 11.5 Å². The van der Waals surface area contributed by atoms with Crippen LogP contribution in [0.15, 0.2) is 40.2 Å². The summed E-state index contributed by atoms with van der Waals surface area (Å²) in [6, 6.07) is 3.94. The second-order valence-electron chi connectivity index (χ2n) is 11.6. The van der Waals surface area contributed by atoms with Crippen LogP contribution in [-0.4, -0.2) is 65.7 Å². The van der Waals surface area contributed by atoms with Crippen LogP contribution >= 0.6 is 0 Å². The lowest BCUT2D eigenvalue weighted by Gasteiger charge is -2.26. The van der Waals surface area contributed by atoms with Crippen LogP contribution in [0, 0.1) is 6.92 Å². The molecule has 1 unspecified atom stereocenters. The molecule has 2 aromatic rings. The second kappa shape index (κ2) is 15.8. The first-order chi connectivity index (χ1) is 22.0. The summed E-state index contributed by atoms with van der Waals surface area (Å²) in [5.41, 5.74) is 0.570. The van der Waals surface area contributed by atoms with E-state index in [1.54, 1.807) is 27.7 Å². The molecule has 5 N–H and O–H groups in total. The Morgan fingerprint density at radius 3 is 2.47 bits per heavy atom. The van der Waals surface area contributed by atoms with Gasteiger partial charge in [-0.05, 0) is 64.7 Å². The third kappa shape index (κ3) is 11.0. The van der Waals surface area contributed by atoms with Gasteiger partial charge in [0.05, 0.1) is 29.5 Å². The van der Waals surface area contributed by atoms with Crippen LogP contribution in [0.3, 0.4) is 0 Å². The molecule has 1 fully saturated rings. The molecule has 47 heavy (non-hydrogen) atoms. The molecule has 2 heterocycles. The summed E-state index contributed by atoms with van der Waals surface area (Å²) in [6.45, 7) is 8.39. The van der Waals surface area contributed by atoms with Gasteiger partial charge in [0, 0.05) is 38.1 Å². The first-order valence-corrected chi connectivity index (χ1v) is 14.7. The van der Waals surface area contributed by atoms with E-state index in [-0.39, 0.29) is 41.6 Å². The van der Waals surface area contributed by atoms with Crippen LogP contribution in [0.5, 0.6) is 0 Å². The number of nitrogens with zero attached hydrogens (tertiary/aromatic N) is 2. The van der Waals surface area contributed by atoms with Crippen LogP contribution < -0.4 is 27.0 Å². The molecule has 1 saturated heterocycles. The van der Waals surface area contributed by atoms with Crippen molar-refractivity contribution < 1.29 is 47.0 Å². The molecule has 1 aromatic carbocycles. The monoisotopic (exact) mass is 668 g/mol. The fourth-order valence-corrected chi connectivity index (χ4v) is 4.83. The number of nitrogens with one attached hydrogen (secondary N) is 4. The molecule has 0 radical (unpaired) electrons. The van der Waals surface area contributed by atoms with E-state index in [1.165, 1.54) is 35.9 Å². The SMILES string of the molecule is Cc1c(C(C)NC(=O)c2cn(C3CCOCC3)c(=O)cc2NCCONC(=NC(=O)O)NC(=O)OC(C)(C)C)cccc1C(F)(F)F. The molecule has 0 aliphatic carbocycles. The Labute approximate surface area is 268 Å². The number of rotatable bonds is 9. The number of benzene rings is 1. The maximum Gasteiger partial charge on any atom is 0.434 e. The molecule has 14 nitrogen and oxygen atoms in total. The Morgan fingerprint density at radius 2 is 1.85 bits per heavy atom. The fourth-order valence-electron chi connectivity index (χ4n) is 4.83. The molecule has 258 valence electrons. The van der Waals surface area contributed by atoms with Crippen LogP contribution in [0.2, 0.25) is 0 Å². The van der Waals surface area contributed by atoms with Gasteiger partial charge in [-0.2, -0.15) is 13.2 Å². The number of carbonyl (C=O) groups is 3. The number of carboxylic acid groups (broad SMARTS) is 1. The maximum absolute atomic E-state index is 13.6. The van der Waals surface area contributed by atoms with Gasteiger partial charge in [-0.1, -0.05) is 12.1 Å². The van der Waals surface area contributed by atoms with Gasteiger partial charge in [0.15, 0.2) is 0 Å². The zero-order valence-electron chi connectivity index (χ0n) is 26.6. The third-order valence-electron chi connectivity index (χ3n) is 6.92. The van der Waals surface area contributed by atoms with Crippen molar-refractivity contribution in [3.63, 3.8) is 0 Å². The molecule has 1 aliphatic rings. The summed E-state index contributed by atoms with van der Waals surface area (Å²) in [5, 5.41) is 16.8. The van der Waals surface area contributed by atoms with Crippen LogP contribution in [0.1, 0.15) is 79.7 Å². The number of aliphatic imine (C=N–C) groups is 1. The van der Waals surface area contributed by atoms with Crippen molar-refractivity contribution in [2.45, 2.75) is 71.3 Å². The van der Waals surface area contributed by atoms with E-state index >= 15 is 0 Å². The highest BCUT2D eigenvalue weighted by Crippen LogP contribution is 2.34. The number of pyridine rings is 1. The van der Waals surface area contributed by atoms with Crippen molar-refractivity contribution in [2.24, 2.45) is 4.99 Å². The van der Waals surface area contributed by atoms with Gasteiger partial charge in [0.1, 0.15) is 5.60 Å². The molecule has 1 aliphatic heterocycles. The third-order valence-corrected chi connectivity index (χ3v) is 6.92. The average Bonchev–Trinajstić information content (AvgIpc) is 2.95. The van der Waals surface area contributed by atoms with E-state index in [0.717, 1.165) is 6.07 Å². The summed E-state index contributed by atoms with van der Waals surface area (Å²) in [5.74, 6) is -1.21. The van der Waals surface area contributed by atoms with Crippen LogP contribution in [0.4, 0.5) is 28.4 Å². The van der Waals surface area contributed by atoms with Gasteiger partial charge in [-0.25, -0.2) is 15.1 Å². The Bertz CT molecular complexity index is 1530. The maximum atomic E-state index is 13.6. The molecular formula is C30H39F3N6O8. The number of ether oxygens (including phenoxy) is 2. The number of amides is 3. The second-order valence-corrected chi connectivity index (χ2v) is 11.6. The summed E-state index contributed by atoms with van der Waals surface area (Å²) < 4.78 is 52.4. The molecule has 0 bridgehead atoms. The number of guanidine groups is 1. The lowest BCUT2D eigenvalue weighted by Crippen LogP contribution is -2.44. The van der Waals surface area contributed by atoms with E-state index in [1.807, 2.05) is 0 Å². The molecule has 17 heteroatoms. The Hall–Kier alpha value is -4.64. The van der Waals surface area contributed by atoms with Crippen molar-refractivity contribution in [3.05, 3.63) is 63.1 Å². The number of aromatic nitrogens is 1. The topological polar surface area (TPSA) is 182 Å². The van der Waals surface area contributed by atoms with Crippen molar-refractivity contribution in [1.82, 2.24) is 20.7 Å². The highest BCUT2D eigenvalue weighted by atomic mass is 19.4. The van der Waals surface area contributed by atoms with Crippen molar-refractivity contribution in [2.75, 3.05) is 31.7 Å². The fraction of sp³-hybridized carbons (Fsp3) is 0.500. The molecule has 3 rings (SSSR count). The standard InChI is InChI=1S/C30H39F3N6O8/c1-17-20(7-6-8-22(17)30(31,32)33)18(2)35-25(41)21-16-39(19-9-12-45-13-10-19)24(40)15-23(21)34-11-14-46-38-26(36-27(42)43)37-28(44)47-29(3,4)5/h6-8,15-16,18-19,34H,9-14H2,1-5H3,(H,35,41)(H,42,43)(H2,36,37,38,44). The number of anilines is 1. The molecule has 0 saturated carbocycles. The molecule has 3 amide bonds. The first kappa shape index (κ1) is 36.8. The summed E-state index contributed by atoms with van der Waals surface area (Å²) in [4.78, 5) is 58.1. The van der Waals surface area contributed by atoms with Gasteiger partial charge in [-0.3, -0.25) is 19.7 Å². The predicted octanol–water partition coefficient (Wildman–Crippen LogP) is 4.51. The van der Waals surface area contributed by atoms with Gasteiger partial charge in [0.2, 0.25) is 5.96 Å². The Morgan fingerprint density at radius 1 is 1.17 bits per heavy atom. The van der Waals surface area contributed by atoms with E-state index in [2.05, 4.69) is 26.4 Å². The molecular weight excluding hydrogens is 629 g/mol. The molecule has 1 aromatic heterocycles. The first-order valence-electron chi connectivity index (χ1n) is 14.7. The number of hydrogen-bond donors (Lipinski definition) is 5. The average molecular weight is 669 g/mol. The largest absolute Gasteiger partial charge is 0.463 e. The zero-order chi connectivity index (χ0) is 34.9. The Balaban J connectivity index is 1.77. The van der Waals surface area contributed by atoms with Gasteiger partial charge in [-0.15, -0.1) is 4.99 Å². The minimum Gasteiger partial charge on any atom is -0.463 e. The van der Waals surface area contributed by atoms with Gasteiger partial charge < -0.3 is 29.8 Å². The van der Waals surface area contributed by atoms with E-state index in [9.17, 15) is 32.3 Å². The minimum atomic E-state index is -4.57. The Kier molecular flexibility index (Phi) is 12.4. The number of carbonyl (C=O) groups excluding carboxylic acids is 2.